The summed E-state index contributed by atoms with van der Waals surface area (Å²) in [6.07, 6.45) is 3.63. The highest BCUT2D eigenvalue weighted by molar-refractivity contribution is 6.28. The molecule has 2 aromatic rings. The van der Waals surface area contributed by atoms with Gasteiger partial charge in [0.05, 0.1) is 0 Å². The molecule has 0 aliphatic carbocycles. The summed E-state index contributed by atoms with van der Waals surface area (Å²) in [7, 11) is 0. The van der Waals surface area contributed by atoms with Crippen LogP contribution in [0, 0.1) is 0 Å². The lowest BCUT2D eigenvalue weighted by Crippen LogP contribution is -2.31. The molecule has 1 aromatic carbocycles. The zero-order chi connectivity index (χ0) is 14.5. The molecule has 1 saturated heterocycles. The lowest BCUT2D eigenvalue weighted by atomic mass is 10.1. The molecule has 1 aliphatic rings. The second-order valence-corrected chi connectivity index (χ2v) is 5.45. The summed E-state index contributed by atoms with van der Waals surface area (Å²) in [6, 6.07) is 10.1. The van der Waals surface area contributed by atoms with Crippen LogP contribution in [0.4, 0.5) is 11.9 Å². The summed E-state index contributed by atoms with van der Waals surface area (Å²) in [6.45, 7) is 2.64. The van der Waals surface area contributed by atoms with Crippen molar-refractivity contribution in [2.45, 2.75) is 25.8 Å². The molecular formula is C15H18ClN5. The zero-order valence-electron chi connectivity index (χ0n) is 11.8. The topological polar surface area (TPSA) is 53.9 Å². The molecule has 0 unspecified atom stereocenters. The van der Waals surface area contributed by atoms with E-state index < -0.39 is 0 Å². The fourth-order valence-corrected chi connectivity index (χ4v) is 2.59. The van der Waals surface area contributed by atoms with Crippen LogP contribution in [0.1, 0.15) is 24.8 Å². The predicted octanol–water partition coefficient (Wildman–Crippen LogP) is 3.13. The van der Waals surface area contributed by atoms with Crippen LogP contribution >= 0.6 is 11.6 Å². The molecule has 1 aliphatic heterocycles. The van der Waals surface area contributed by atoms with Crippen LogP contribution in [0.2, 0.25) is 5.28 Å². The summed E-state index contributed by atoms with van der Waals surface area (Å²) < 4.78 is 0. The first-order valence-corrected chi connectivity index (χ1v) is 7.63. The van der Waals surface area contributed by atoms with Crippen molar-refractivity contribution >= 4 is 23.5 Å². The van der Waals surface area contributed by atoms with Crippen LogP contribution in [0.3, 0.4) is 0 Å². The summed E-state index contributed by atoms with van der Waals surface area (Å²) in [5.74, 6) is 1.20. The van der Waals surface area contributed by atoms with Crippen molar-refractivity contribution in [2.24, 2.45) is 0 Å². The van der Waals surface area contributed by atoms with Gasteiger partial charge in [0, 0.05) is 19.6 Å². The summed E-state index contributed by atoms with van der Waals surface area (Å²) in [5.41, 5.74) is 1.17. The molecule has 0 bridgehead atoms. The lowest BCUT2D eigenvalue weighted by Gasteiger charge is -2.26. The van der Waals surface area contributed by atoms with Gasteiger partial charge in [-0.2, -0.15) is 15.0 Å². The van der Waals surface area contributed by atoms with Gasteiger partial charge in [-0.25, -0.2) is 0 Å². The van der Waals surface area contributed by atoms with E-state index in [-0.39, 0.29) is 5.28 Å². The Labute approximate surface area is 129 Å². The minimum Gasteiger partial charge on any atom is -0.350 e. The minimum atomic E-state index is 0.237. The first-order valence-electron chi connectivity index (χ1n) is 7.25. The van der Waals surface area contributed by atoms with Gasteiger partial charge in [0.2, 0.25) is 17.2 Å². The number of nitrogens with zero attached hydrogens (tertiary/aromatic N) is 4. The number of anilines is 2. The molecule has 5 nitrogen and oxygen atoms in total. The van der Waals surface area contributed by atoms with E-state index in [4.69, 9.17) is 11.6 Å². The van der Waals surface area contributed by atoms with Gasteiger partial charge >= 0.3 is 0 Å². The molecule has 2 heterocycles. The van der Waals surface area contributed by atoms with Gasteiger partial charge in [-0.15, -0.1) is 0 Å². The van der Waals surface area contributed by atoms with Crippen molar-refractivity contribution in [1.82, 2.24) is 15.0 Å². The second-order valence-electron chi connectivity index (χ2n) is 5.11. The predicted molar refractivity (Wildman–Crippen MR) is 84.7 cm³/mol. The number of aromatic nitrogens is 3. The average molecular weight is 304 g/mol. The highest BCUT2D eigenvalue weighted by Crippen LogP contribution is 2.18. The molecule has 3 rings (SSSR count). The fraction of sp³-hybridized carbons (Fsp3) is 0.400. The Kier molecular flexibility index (Phi) is 4.50. The van der Waals surface area contributed by atoms with E-state index in [1.165, 1.54) is 24.8 Å². The van der Waals surface area contributed by atoms with Crippen molar-refractivity contribution in [3.05, 3.63) is 41.2 Å². The maximum atomic E-state index is 6.02. The van der Waals surface area contributed by atoms with Gasteiger partial charge < -0.3 is 10.2 Å². The van der Waals surface area contributed by atoms with E-state index in [2.05, 4.69) is 37.3 Å². The van der Waals surface area contributed by atoms with Gasteiger partial charge in [-0.1, -0.05) is 30.3 Å². The van der Waals surface area contributed by atoms with Crippen molar-refractivity contribution < 1.29 is 0 Å². The SMILES string of the molecule is Clc1nc(NCc2ccccc2)nc(N2CCCCC2)n1. The van der Waals surface area contributed by atoms with E-state index >= 15 is 0 Å². The molecule has 0 amide bonds. The van der Waals surface area contributed by atoms with E-state index in [0.29, 0.717) is 18.4 Å². The smallest absolute Gasteiger partial charge is 0.231 e. The van der Waals surface area contributed by atoms with Crippen LogP contribution in [-0.2, 0) is 6.54 Å². The molecule has 0 radical (unpaired) electrons. The Bertz CT molecular complexity index is 584. The number of hydrogen-bond acceptors (Lipinski definition) is 5. The van der Waals surface area contributed by atoms with E-state index in [1.807, 2.05) is 18.2 Å². The second kappa shape index (κ2) is 6.72. The number of nitrogens with one attached hydrogen (secondary N) is 1. The highest BCUT2D eigenvalue weighted by Gasteiger charge is 2.15. The quantitative estimate of drug-likeness (QED) is 0.940. The maximum absolute atomic E-state index is 6.02. The maximum Gasteiger partial charge on any atom is 0.231 e. The Morgan fingerprint density at radius 1 is 1.00 bits per heavy atom. The van der Waals surface area contributed by atoms with Crippen LogP contribution in [-0.4, -0.2) is 28.0 Å². The largest absolute Gasteiger partial charge is 0.350 e. The Hall–Kier alpha value is -1.88. The Balaban J connectivity index is 1.71. The third-order valence-electron chi connectivity index (χ3n) is 3.53. The highest BCUT2D eigenvalue weighted by atomic mass is 35.5. The number of piperidine rings is 1. The van der Waals surface area contributed by atoms with Crippen molar-refractivity contribution in [3.63, 3.8) is 0 Å². The minimum absolute atomic E-state index is 0.237. The van der Waals surface area contributed by atoms with Gasteiger partial charge in [0.15, 0.2) is 0 Å². The standard InChI is InChI=1S/C15H18ClN5/c16-13-18-14(17-11-12-7-3-1-4-8-12)20-15(19-13)21-9-5-2-6-10-21/h1,3-4,7-8H,2,5-6,9-11H2,(H,17,18,19,20). The normalized spacial score (nSPS) is 15.0. The van der Waals surface area contributed by atoms with Gasteiger partial charge in [-0.3, -0.25) is 0 Å². The molecular weight excluding hydrogens is 286 g/mol. The van der Waals surface area contributed by atoms with Crippen LogP contribution in [0.25, 0.3) is 0 Å². The summed E-state index contributed by atoms with van der Waals surface area (Å²) in [5, 5.41) is 3.45. The van der Waals surface area contributed by atoms with Gasteiger partial charge in [0.25, 0.3) is 0 Å². The number of hydrogen-bond donors (Lipinski definition) is 1. The van der Waals surface area contributed by atoms with E-state index in [0.717, 1.165) is 13.1 Å². The first-order chi connectivity index (χ1) is 10.3. The lowest BCUT2D eigenvalue weighted by molar-refractivity contribution is 0.567. The Morgan fingerprint density at radius 2 is 1.76 bits per heavy atom. The molecule has 21 heavy (non-hydrogen) atoms. The van der Waals surface area contributed by atoms with Crippen LogP contribution < -0.4 is 10.2 Å². The number of rotatable bonds is 4. The van der Waals surface area contributed by atoms with E-state index in [1.54, 1.807) is 0 Å². The summed E-state index contributed by atoms with van der Waals surface area (Å²) in [4.78, 5) is 15.0. The van der Waals surface area contributed by atoms with Crippen LogP contribution in [0.15, 0.2) is 30.3 Å². The fourth-order valence-electron chi connectivity index (χ4n) is 2.43. The zero-order valence-corrected chi connectivity index (χ0v) is 12.6. The Morgan fingerprint density at radius 3 is 2.52 bits per heavy atom. The summed E-state index contributed by atoms with van der Waals surface area (Å²) >= 11 is 6.02. The first kappa shape index (κ1) is 14.1. The van der Waals surface area contributed by atoms with Crippen LogP contribution in [0.5, 0.6) is 0 Å². The third-order valence-corrected chi connectivity index (χ3v) is 3.70. The molecule has 0 spiro atoms. The third kappa shape index (κ3) is 3.82. The van der Waals surface area contributed by atoms with E-state index in [9.17, 15) is 0 Å². The van der Waals surface area contributed by atoms with Crippen molar-refractivity contribution in [3.8, 4) is 0 Å². The molecule has 1 aromatic heterocycles. The van der Waals surface area contributed by atoms with Crippen molar-refractivity contribution in [1.29, 1.82) is 0 Å². The number of halogens is 1. The molecule has 110 valence electrons. The molecule has 1 N–H and O–H groups in total. The monoisotopic (exact) mass is 303 g/mol. The molecule has 0 atom stereocenters. The number of benzene rings is 1. The average Bonchev–Trinajstić information content (AvgIpc) is 2.54. The molecule has 1 fully saturated rings. The van der Waals surface area contributed by atoms with Gasteiger partial charge in [-0.05, 0) is 36.4 Å². The molecule has 0 saturated carbocycles. The van der Waals surface area contributed by atoms with Gasteiger partial charge in [0.1, 0.15) is 0 Å². The van der Waals surface area contributed by atoms with Crippen molar-refractivity contribution in [2.75, 3.05) is 23.3 Å². The molecule has 6 heteroatoms.